The average Bonchev–Trinajstić information content (AvgIpc) is 2.21. The minimum absolute atomic E-state index is 0.463. The van der Waals surface area contributed by atoms with Crippen LogP contribution in [0.2, 0.25) is 0 Å². The van der Waals surface area contributed by atoms with E-state index in [1.54, 1.807) is 0 Å². The van der Waals surface area contributed by atoms with Crippen LogP contribution < -0.4 is 5.32 Å². The van der Waals surface area contributed by atoms with Crippen molar-refractivity contribution in [3.63, 3.8) is 0 Å². The van der Waals surface area contributed by atoms with Gasteiger partial charge >= 0.3 is 0 Å². The third-order valence-electron chi connectivity index (χ3n) is 1.41. The molecule has 0 amide bonds. The van der Waals surface area contributed by atoms with E-state index in [1.807, 2.05) is 13.8 Å². The van der Waals surface area contributed by atoms with Crippen LogP contribution >= 0.6 is 0 Å². The van der Waals surface area contributed by atoms with Crippen molar-refractivity contribution in [2.45, 2.75) is 33.3 Å². The molecular weight excluding hydrogens is 126 g/mol. The lowest BCUT2D eigenvalue weighted by molar-refractivity contribution is 0.0783. The first-order valence-corrected chi connectivity index (χ1v) is 4.22. The maximum atomic E-state index is 5.34. The molecule has 1 aliphatic heterocycles. The van der Waals surface area contributed by atoms with Crippen LogP contribution in [0, 0.1) is 0 Å². The van der Waals surface area contributed by atoms with Crippen molar-refractivity contribution in [2.75, 3.05) is 19.7 Å². The number of ether oxygens (including phenoxy) is 1. The highest BCUT2D eigenvalue weighted by molar-refractivity contribution is 4.58. The number of rotatable bonds is 0. The van der Waals surface area contributed by atoms with E-state index in [1.165, 1.54) is 0 Å². The molecule has 0 aromatic heterocycles. The summed E-state index contributed by atoms with van der Waals surface area (Å²) in [6.45, 7) is 9.12. The van der Waals surface area contributed by atoms with Crippen LogP contribution in [0.5, 0.6) is 0 Å². The van der Waals surface area contributed by atoms with Crippen molar-refractivity contribution in [3.05, 3.63) is 0 Å². The molecule has 10 heavy (non-hydrogen) atoms. The molecule has 1 N–H and O–H groups in total. The summed E-state index contributed by atoms with van der Waals surface area (Å²) < 4.78 is 5.34. The van der Waals surface area contributed by atoms with E-state index in [9.17, 15) is 0 Å². The lowest BCUT2D eigenvalue weighted by atomic mass is 10.3. The van der Waals surface area contributed by atoms with Crippen molar-refractivity contribution in [2.24, 2.45) is 0 Å². The Morgan fingerprint density at radius 1 is 1.30 bits per heavy atom. The predicted octanol–water partition coefficient (Wildman–Crippen LogP) is 1.41. The fraction of sp³-hybridized carbons (Fsp3) is 1.00. The van der Waals surface area contributed by atoms with Gasteiger partial charge in [0.2, 0.25) is 0 Å². The Labute approximate surface area is 64.0 Å². The van der Waals surface area contributed by atoms with Gasteiger partial charge in [0.05, 0.1) is 12.7 Å². The Morgan fingerprint density at radius 3 is 2.70 bits per heavy atom. The van der Waals surface area contributed by atoms with Crippen LogP contribution in [-0.2, 0) is 4.74 Å². The molecule has 1 heterocycles. The standard InChI is InChI=1S/C6H13NO.C2H6/c1-6-2-3-7-4-5-8-6;1-2/h6-7H,2-5H2,1H3;1-2H3/t6-;/m1./s1. The minimum Gasteiger partial charge on any atom is -0.377 e. The fourth-order valence-electron chi connectivity index (χ4n) is 0.846. The van der Waals surface area contributed by atoms with Gasteiger partial charge < -0.3 is 10.1 Å². The average molecular weight is 145 g/mol. The maximum absolute atomic E-state index is 5.34. The SMILES string of the molecule is CC.C[C@@H]1CCNCCO1. The third-order valence-corrected chi connectivity index (χ3v) is 1.41. The van der Waals surface area contributed by atoms with Gasteiger partial charge in [-0.3, -0.25) is 0 Å². The second-order valence-electron chi connectivity index (χ2n) is 2.22. The van der Waals surface area contributed by atoms with E-state index < -0.39 is 0 Å². The lowest BCUT2D eigenvalue weighted by Gasteiger charge is -2.04. The van der Waals surface area contributed by atoms with Gasteiger partial charge in [0, 0.05) is 6.54 Å². The number of hydrogen-bond donors (Lipinski definition) is 1. The van der Waals surface area contributed by atoms with Crippen molar-refractivity contribution < 1.29 is 4.74 Å². The molecule has 1 fully saturated rings. The molecule has 0 unspecified atom stereocenters. The predicted molar refractivity (Wildman–Crippen MR) is 44.2 cm³/mol. The summed E-state index contributed by atoms with van der Waals surface area (Å²) in [6.07, 6.45) is 1.62. The Morgan fingerprint density at radius 2 is 2.00 bits per heavy atom. The molecule has 62 valence electrons. The van der Waals surface area contributed by atoms with Crippen molar-refractivity contribution in [1.29, 1.82) is 0 Å². The molecule has 1 saturated heterocycles. The normalized spacial score (nSPS) is 26.1. The molecule has 0 saturated carbocycles. The third kappa shape index (κ3) is 4.77. The molecule has 1 atom stereocenters. The first-order chi connectivity index (χ1) is 4.89. The minimum atomic E-state index is 0.463. The molecule has 0 radical (unpaired) electrons. The first-order valence-electron chi connectivity index (χ1n) is 4.22. The van der Waals surface area contributed by atoms with Gasteiger partial charge in [-0.2, -0.15) is 0 Å². The van der Waals surface area contributed by atoms with Crippen molar-refractivity contribution >= 4 is 0 Å². The molecule has 2 heteroatoms. The second kappa shape index (κ2) is 7.03. The van der Waals surface area contributed by atoms with E-state index in [-0.39, 0.29) is 0 Å². The molecule has 0 aromatic rings. The smallest absolute Gasteiger partial charge is 0.0594 e. The van der Waals surface area contributed by atoms with Crippen LogP contribution in [0.4, 0.5) is 0 Å². The molecule has 0 spiro atoms. The summed E-state index contributed by atoms with van der Waals surface area (Å²) in [5.74, 6) is 0. The van der Waals surface area contributed by atoms with Gasteiger partial charge in [0.25, 0.3) is 0 Å². The number of hydrogen-bond acceptors (Lipinski definition) is 2. The monoisotopic (exact) mass is 145 g/mol. The zero-order chi connectivity index (χ0) is 7.82. The largest absolute Gasteiger partial charge is 0.377 e. The van der Waals surface area contributed by atoms with Gasteiger partial charge in [-0.1, -0.05) is 13.8 Å². The molecule has 1 aliphatic rings. The topological polar surface area (TPSA) is 21.3 Å². The van der Waals surface area contributed by atoms with Crippen molar-refractivity contribution in [3.8, 4) is 0 Å². The van der Waals surface area contributed by atoms with E-state index in [4.69, 9.17) is 4.74 Å². The molecule has 1 rings (SSSR count). The van der Waals surface area contributed by atoms with Crippen LogP contribution in [0.3, 0.4) is 0 Å². The zero-order valence-electron chi connectivity index (χ0n) is 7.31. The molecule has 0 aliphatic carbocycles. The van der Waals surface area contributed by atoms with E-state index in [0.29, 0.717) is 6.10 Å². The molecular formula is C8H19NO. The molecule has 2 nitrogen and oxygen atoms in total. The first kappa shape index (κ1) is 9.92. The van der Waals surface area contributed by atoms with Gasteiger partial charge in [-0.05, 0) is 19.9 Å². The van der Waals surface area contributed by atoms with Crippen molar-refractivity contribution in [1.82, 2.24) is 5.32 Å². The Kier molecular flexibility index (Phi) is 6.98. The van der Waals surface area contributed by atoms with Crippen LogP contribution in [0.1, 0.15) is 27.2 Å². The highest BCUT2D eigenvalue weighted by atomic mass is 16.5. The maximum Gasteiger partial charge on any atom is 0.0594 e. The van der Waals surface area contributed by atoms with Gasteiger partial charge in [0.15, 0.2) is 0 Å². The molecule has 0 bridgehead atoms. The Hall–Kier alpha value is -0.0800. The lowest BCUT2D eigenvalue weighted by Crippen LogP contribution is -2.16. The summed E-state index contributed by atoms with van der Waals surface area (Å²) in [6, 6.07) is 0. The fourth-order valence-corrected chi connectivity index (χ4v) is 0.846. The van der Waals surface area contributed by atoms with E-state index in [2.05, 4.69) is 12.2 Å². The van der Waals surface area contributed by atoms with Crippen LogP contribution in [0.25, 0.3) is 0 Å². The summed E-state index contributed by atoms with van der Waals surface area (Å²) in [4.78, 5) is 0. The Balaban J connectivity index is 0.000000371. The van der Waals surface area contributed by atoms with Crippen LogP contribution in [0.15, 0.2) is 0 Å². The van der Waals surface area contributed by atoms with Gasteiger partial charge in [-0.15, -0.1) is 0 Å². The second-order valence-corrected chi connectivity index (χ2v) is 2.22. The quantitative estimate of drug-likeness (QED) is 0.556. The number of nitrogens with one attached hydrogen (secondary N) is 1. The van der Waals surface area contributed by atoms with Crippen LogP contribution in [-0.4, -0.2) is 25.8 Å². The summed E-state index contributed by atoms with van der Waals surface area (Å²) in [7, 11) is 0. The Bertz CT molecular complexity index is 58.3. The van der Waals surface area contributed by atoms with Gasteiger partial charge in [0.1, 0.15) is 0 Å². The van der Waals surface area contributed by atoms with E-state index in [0.717, 1.165) is 26.1 Å². The zero-order valence-corrected chi connectivity index (χ0v) is 7.31. The van der Waals surface area contributed by atoms with Gasteiger partial charge in [-0.25, -0.2) is 0 Å². The summed E-state index contributed by atoms with van der Waals surface area (Å²) >= 11 is 0. The molecule has 0 aromatic carbocycles. The highest BCUT2D eigenvalue weighted by Gasteiger charge is 2.04. The highest BCUT2D eigenvalue weighted by Crippen LogP contribution is 1.97. The summed E-state index contributed by atoms with van der Waals surface area (Å²) in [5, 5.41) is 3.25. The summed E-state index contributed by atoms with van der Waals surface area (Å²) in [5.41, 5.74) is 0. The van der Waals surface area contributed by atoms with E-state index >= 15 is 0 Å².